The molecule has 0 spiro atoms. The Morgan fingerprint density at radius 2 is 2.05 bits per heavy atom. The number of hydrogen-bond donors (Lipinski definition) is 0. The minimum Gasteiger partial charge on any atom is -0.207 e. The smallest absolute Gasteiger partial charge is 0.207 e. The summed E-state index contributed by atoms with van der Waals surface area (Å²) in [5.41, 5.74) is 1.08. The summed E-state index contributed by atoms with van der Waals surface area (Å²) in [6.45, 7) is 0.336. The van der Waals surface area contributed by atoms with Crippen LogP contribution in [0.3, 0.4) is 0 Å². The summed E-state index contributed by atoms with van der Waals surface area (Å²) in [5, 5.41) is 0. The lowest BCUT2D eigenvalue weighted by atomic mass is 10.2. The molecule has 1 saturated carbocycles. The molecule has 8 heteroatoms. The summed E-state index contributed by atoms with van der Waals surface area (Å²) < 4.78 is 35.9. The minimum absolute atomic E-state index is 0.0515. The molecule has 1 aliphatic rings. The van der Waals surface area contributed by atoms with Gasteiger partial charge in [0.15, 0.2) is 0 Å². The number of halogens is 1. The molecule has 21 heavy (non-hydrogen) atoms. The largest absolute Gasteiger partial charge is 0.245 e. The Morgan fingerprint density at radius 3 is 2.76 bits per heavy atom. The normalized spacial score (nSPS) is 17.0. The summed E-state index contributed by atoms with van der Waals surface area (Å²) in [6, 6.07) is 5.15. The molecule has 0 unspecified atom stereocenters. The zero-order chi connectivity index (χ0) is 14.9. The highest BCUT2D eigenvalue weighted by atomic mass is 35.5. The SMILES string of the molecule is O=S(=O)(c1cccc2nsnc12)N(CCCl)C1CCCC1. The van der Waals surface area contributed by atoms with E-state index in [-0.39, 0.29) is 10.9 Å². The molecule has 1 aliphatic carbocycles. The molecule has 114 valence electrons. The van der Waals surface area contributed by atoms with Crippen molar-refractivity contribution in [3.8, 4) is 0 Å². The van der Waals surface area contributed by atoms with E-state index >= 15 is 0 Å². The maximum Gasteiger partial charge on any atom is 0.245 e. The van der Waals surface area contributed by atoms with Crippen LogP contribution in [0.5, 0.6) is 0 Å². The van der Waals surface area contributed by atoms with Gasteiger partial charge in [-0.3, -0.25) is 0 Å². The van der Waals surface area contributed by atoms with Crippen molar-refractivity contribution in [2.45, 2.75) is 36.6 Å². The predicted octanol–water partition coefficient (Wildman–Crippen LogP) is 2.86. The molecule has 3 rings (SSSR count). The van der Waals surface area contributed by atoms with Crippen LogP contribution >= 0.6 is 23.3 Å². The maximum atomic E-state index is 13.0. The van der Waals surface area contributed by atoms with E-state index in [0.717, 1.165) is 37.4 Å². The minimum atomic E-state index is -3.59. The van der Waals surface area contributed by atoms with Crippen molar-refractivity contribution in [2.75, 3.05) is 12.4 Å². The fraction of sp³-hybridized carbons (Fsp3) is 0.538. The van der Waals surface area contributed by atoms with Gasteiger partial charge in [0.05, 0.1) is 11.7 Å². The van der Waals surface area contributed by atoms with Gasteiger partial charge in [-0.25, -0.2) is 8.42 Å². The molecular formula is C13H16ClN3O2S2. The molecule has 0 bridgehead atoms. The Balaban J connectivity index is 2.06. The summed E-state index contributed by atoms with van der Waals surface area (Å²) in [5.74, 6) is 0.293. The molecule has 0 amide bonds. The Bertz CT molecular complexity index is 726. The van der Waals surface area contributed by atoms with Gasteiger partial charge >= 0.3 is 0 Å². The van der Waals surface area contributed by atoms with Crippen LogP contribution in [0.25, 0.3) is 11.0 Å². The average molecular weight is 346 g/mol. The molecule has 5 nitrogen and oxygen atoms in total. The molecule has 0 saturated heterocycles. The molecule has 1 fully saturated rings. The first-order chi connectivity index (χ1) is 10.1. The topological polar surface area (TPSA) is 63.2 Å². The second kappa shape index (κ2) is 6.16. The third-order valence-electron chi connectivity index (χ3n) is 3.87. The Morgan fingerprint density at radius 1 is 1.29 bits per heavy atom. The molecule has 0 atom stereocenters. The number of benzene rings is 1. The fourth-order valence-electron chi connectivity index (χ4n) is 2.89. The number of alkyl halides is 1. The van der Waals surface area contributed by atoms with Gasteiger partial charge in [0.1, 0.15) is 15.9 Å². The predicted molar refractivity (Wildman–Crippen MR) is 84.3 cm³/mol. The Kier molecular flexibility index (Phi) is 4.44. The zero-order valence-corrected chi connectivity index (χ0v) is 13.8. The van der Waals surface area contributed by atoms with E-state index in [2.05, 4.69) is 8.75 Å². The summed E-state index contributed by atoms with van der Waals surface area (Å²) in [6.07, 6.45) is 3.95. The molecule has 1 heterocycles. The van der Waals surface area contributed by atoms with Crippen LogP contribution in [0.1, 0.15) is 25.7 Å². The van der Waals surface area contributed by atoms with Gasteiger partial charge < -0.3 is 0 Å². The van der Waals surface area contributed by atoms with Crippen LogP contribution in [-0.2, 0) is 10.0 Å². The number of hydrogen-bond acceptors (Lipinski definition) is 5. The average Bonchev–Trinajstić information content (AvgIpc) is 3.14. The highest BCUT2D eigenvalue weighted by Crippen LogP contribution is 2.31. The molecule has 0 N–H and O–H groups in total. The van der Waals surface area contributed by atoms with Crippen molar-refractivity contribution in [1.29, 1.82) is 0 Å². The Hall–Kier alpha value is -0.760. The van der Waals surface area contributed by atoms with E-state index in [4.69, 9.17) is 11.6 Å². The number of sulfonamides is 1. The van der Waals surface area contributed by atoms with Gasteiger partial charge in [0, 0.05) is 18.5 Å². The first-order valence-corrected chi connectivity index (χ1v) is 9.64. The molecular weight excluding hydrogens is 330 g/mol. The van der Waals surface area contributed by atoms with Gasteiger partial charge in [-0.1, -0.05) is 18.9 Å². The van der Waals surface area contributed by atoms with E-state index in [1.807, 2.05) is 0 Å². The third kappa shape index (κ3) is 2.79. The monoisotopic (exact) mass is 345 g/mol. The number of rotatable bonds is 5. The quantitative estimate of drug-likeness (QED) is 0.782. The molecule has 1 aromatic heterocycles. The first-order valence-electron chi connectivity index (χ1n) is 6.93. The lowest BCUT2D eigenvalue weighted by Crippen LogP contribution is -2.40. The van der Waals surface area contributed by atoms with Crippen LogP contribution in [0, 0.1) is 0 Å². The molecule has 0 aliphatic heterocycles. The van der Waals surface area contributed by atoms with E-state index in [9.17, 15) is 8.42 Å². The van der Waals surface area contributed by atoms with E-state index < -0.39 is 10.0 Å². The number of nitrogens with zero attached hydrogens (tertiary/aromatic N) is 3. The van der Waals surface area contributed by atoms with Crippen molar-refractivity contribution in [1.82, 2.24) is 13.1 Å². The number of aromatic nitrogens is 2. The fourth-order valence-corrected chi connectivity index (χ4v) is 5.61. The van der Waals surface area contributed by atoms with Crippen LogP contribution < -0.4 is 0 Å². The zero-order valence-electron chi connectivity index (χ0n) is 11.4. The lowest BCUT2D eigenvalue weighted by molar-refractivity contribution is 0.337. The van der Waals surface area contributed by atoms with Crippen molar-refractivity contribution < 1.29 is 8.42 Å². The molecule has 0 radical (unpaired) electrons. The van der Waals surface area contributed by atoms with Gasteiger partial charge in [-0.15, -0.1) is 11.6 Å². The Labute approximate surface area is 133 Å². The summed E-state index contributed by atoms with van der Waals surface area (Å²) in [4.78, 5) is 0.241. The van der Waals surface area contributed by atoms with Gasteiger partial charge in [0.2, 0.25) is 10.0 Å². The van der Waals surface area contributed by atoms with Crippen LogP contribution in [-0.4, -0.2) is 39.9 Å². The second-order valence-electron chi connectivity index (χ2n) is 5.13. The van der Waals surface area contributed by atoms with Crippen LogP contribution in [0.15, 0.2) is 23.1 Å². The van der Waals surface area contributed by atoms with E-state index in [0.29, 0.717) is 23.5 Å². The van der Waals surface area contributed by atoms with Crippen LogP contribution in [0.2, 0.25) is 0 Å². The van der Waals surface area contributed by atoms with Crippen molar-refractivity contribution >= 4 is 44.4 Å². The van der Waals surface area contributed by atoms with Gasteiger partial charge in [0.25, 0.3) is 0 Å². The van der Waals surface area contributed by atoms with Crippen molar-refractivity contribution in [2.24, 2.45) is 0 Å². The molecule has 1 aromatic carbocycles. The third-order valence-corrected chi connectivity index (χ3v) is 6.57. The highest BCUT2D eigenvalue weighted by molar-refractivity contribution is 7.89. The van der Waals surface area contributed by atoms with E-state index in [1.54, 1.807) is 22.5 Å². The highest BCUT2D eigenvalue weighted by Gasteiger charge is 2.34. The standard InChI is InChI=1S/C13H16ClN3O2S2/c14-8-9-17(10-4-1-2-5-10)21(18,19)12-7-3-6-11-13(12)16-20-15-11/h3,6-7,10H,1-2,4-5,8-9H2. The second-order valence-corrected chi connectivity index (χ2v) is 7.90. The molecule has 2 aromatic rings. The summed E-state index contributed by atoms with van der Waals surface area (Å²) >= 11 is 6.86. The van der Waals surface area contributed by atoms with Crippen LogP contribution in [0.4, 0.5) is 0 Å². The van der Waals surface area contributed by atoms with Crippen molar-refractivity contribution in [3.63, 3.8) is 0 Å². The maximum absolute atomic E-state index is 13.0. The number of fused-ring (bicyclic) bond motifs is 1. The van der Waals surface area contributed by atoms with Gasteiger partial charge in [-0.2, -0.15) is 13.1 Å². The van der Waals surface area contributed by atoms with E-state index in [1.165, 1.54) is 0 Å². The summed E-state index contributed by atoms with van der Waals surface area (Å²) in [7, 11) is -3.59. The van der Waals surface area contributed by atoms with Gasteiger partial charge in [-0.05, 0) is 25.0 Å². The van der Waals surface area contributed by atoms with Crippen molar-refractivity contribution in [3.05, 3.63) is 18.2 Å². The lowest BCUT2D eigenvalue weighted by Gasteiger charge is -2.27. The first kappa shape index (κ1) is 15.1.